The van der Waals surface area contributed by atoms with Crippen LogP contribution in [0, 0.1) is 17.5 Å². The number of halogens is 3. The molecule has 0 bridgehead atoms. The second-order valence-corrected chi connectivity index (χ2v) is 10.3. The van der Waals surface area contributed by atoms with Gasteiger partial charge in [-0.15, -0.1) is 0 Å². The lowest BCUT2D eigenvalue weighted by molar-refractivity contribution is -0.136. The number of carbonyl (C=O) groups is 3. The van der Waals surface area contributed by atoms with Crippen molar-refractivity contribution in [1.29, 1.82) is 0 Å². The smallest absolute Gasteiger partial charge is 0.259 e. The molecule has 7 nitrogen and oxygen atoms in total. The topological polar surface area (TPSA) is 79.0 Å². The molecule has 2 fully saturated rings. The Morgan fingerprint density at radius 3 is 2.20 bits per heavy atom. The Labute approximate surface area is 235 Å². The fourth-order valence-corrected chi connectivity index (χ4v) is 5.62. The summed E-state index contributed by atoms with van der Waals surface area (Å²) >= 11 is 0. The number of amides is 3. The molecule has 1 atom stereocenters. The van der Waals surface area contributed by atoms with Gasteiger partial charge in [-0.3, -0.25) is 14.4 Å². The average Bonchev–Trinajstić information content (AvgIpc) is 3.48. The summed E-state index contributed by atoms with van der Waals surface area (Å²) in [5.41, 5.74) is 1.81. The van der Waals surface area contributed by atoms with Crippen molar-refractivity contribution in [3.63, 3.8) is 0 Å². The molecule has 214 valence electrons. The quantitative estimate of drug-likeness (QED) is 0.436. The Bertz CT molecular complexity index is 1440. The van der Waals surface area contributed by atoms with E-state index in [0.29, 0.717) is 37.3 Å². The summed E-state index contributed by atoms with van der Waals surface area (Å²) in [6.45, 7) is 1.62. The molecule has 41 heavy (non-hydrogen) atoms. The molecule has 3 aromatic rings. The van der Waals surface area contributed by atoms with Gasteiger partial charge in [0.25, 0.3) is 11.8 Å². The van der Waals surface area contributed by atoms with Gasteiger partial charge in [0.2, 0.25) is 11.7 Å². The molecule has 2 aliphatic heterocycles. The van der Waals surface area contributed by atoms with Gasteiger partial charge in [0.05, 0.1) is 12.7 Å². The van der Waals surface area contributed by atoms with E-state index in [9.17, 15) is 27.6 Å². The maximum atomic E-state index is 14.0. The molecule has 0 unspecified atom stereocenters. The molecule has 0 aromatic heterocycles. The second-order valence-electron chi connectivity index (χ2n) is 10.3. The maximum absolute atomic E-state index is 14.0. The Balaban J connectivity index is 1.17. The summed E-state index contributed by atoms with van der Waals surface area (Å²) in [7, 11) is 1.17. The molecular formula is C31H30F3N3O4. The zero-order chi connectivity index (χ0) is 29.1. The lowest BCUT2D eigenvalue weighted by atomic mass is 9.89. The number of nitrogens with zero attached hydrogens (tertiary/aromatic N) is 2. The number of benzene rings is 3. The first-order chi connectivity index (χ1) is 19.8. The number of piperidine rings is 1. The van der Waals surface area contributed by atoms with E-state index in [1.54, 1.807) is 17.0 Å². The van der Waals surface area contributed by atoms with E-state index < -0.39 is 35.2 Å². The van der Waals surface area contributed by atoms with Gasteiger partial charge < -0.3 is 19.9 Å². The van der Waals surface area contributed by atoms with Crippen molar-refractivity contribution in [1.82, 2.24) is 9.80 Å². The molecule has 0 radical (unpaired) electrons. The Morgan fingerprint density at radius 1 is 0.854 bits per heavy atom. The van der Waals surface area contributed by atoms with Crippen LogP contribution in [0.25, 0.3) is 0 Å². The number of methoxy groups -OCH3 is 1. The molecule has 2 aliphatic rings. The number of rotatable bonds is 6. The number of carbonyl (C=O) groups excluding carboxylic acids is 3. The molecule has 3 amide bonds. The van der Waals surface area contributed by atoms with Crippen molar-refractivity contribution in [2.24, 2.45) is 0 Å². The minimum absolute atomic E-state index is 0.0536. The van der Waals surface area contributed by atoms with Gasteiger partial charge in [-0.25, -0.2) is 8.78 Å². The van der Waals surface area contributed by atoms with Crippen LogP contribution < -0.4 is 10.1 Å². The fraction of sp³-hybridized carbons (Fsp3) is 0.323. The van der Waals surface area contributed by atoms with Crippen molar-refractivity contribution < 1.29 is 32.3 Å². The summed E-state index contributed by atoms with van der Waals surface area (Å²) in [5.74, 6) is -3.92. The lowest BCUT2D eigenvalue weighted by Gasteiger charge is -2.35. The Morgan fingerprint density at radius 2 is 1.54 bits per heavy atom. The van der Waals surface area contributed by atoms with Crippen LogP contribution in [0.1, 0.15) is 57.9 Å². The van der Waals surface area contributed by atoms with Gasteiger partial charge in [0.15, 0.2) is 11.6 Å². The van der Waals surface area contributed by atoms with E-state index in [1.165, 1.54) is 37.4 Å². The van der Waals surface area contributed by atoms with E-state index in [1.807, 2.05) is 17.0 Å². The van der Waals surface area contributed by atoms with Crippen molar-refractivity contribution >= 4 is 23.4 Å². The highest BCUT2D eigenvalue weighted by Crippen LogP contribution is 2.31. The second kappa shape index (κ2) is 12.0. The third kappa shape index (κ3) is 5.91. The number of anilines is 1. The first-order valence-electron chi connectivity index (χ1n) is 13.6. The van der Waals surface area contributed by atoms with Crippen LogP contribution >= 0.6 is 0 Å². The molecule has 0 saturated carbocycles. The van der Waals surface area contributed by atoms with Crippen LogP contribution in [0.4, 0.5) is 18.9 Å². The molecule has 0 aliphatic carbocycles. The molecule has 2 heterocycles. The summed E-state index contributed by atoms with van der Waals surface area (Å²) in [5, 5.41) is 2.68. The van der Waals surface area contributed by atoms with Crippen LogP contribution in [0.5, 0.6) is 5.75 Å². The molecule has 10 heteroatoms. The summed E-state index contributed by atoms with van der Waals surface area (Å²) in [6.07, 6.45) is 2.85. The summed E-state index contributed by atoms with van der Waals surface area (Å²) in [4.78, 5) is 42.4. The van der Waals surface area contributed by atoms with Gasteiger partial charge in [0.1, 0.15) is 11.9 Å². The maximum Gasteiger partial charge on any atom is 0.259 e. The van der Waals surface area contributed by atoms with Crippen molar-refractivity contribution in [3.05, 3.63) is 94.8 Å². The Hall–Kier alpha value is -4.34. The van der Waals surface area contributed by atoms with E-state index in [2.05, 4.69) is 5.32 Å². The minimum atomic E-state index is -1.22. The van der Waals surface area contributed by atoms with Crippen molar-refractivity contribution in [3.8, 4) is 5.75 Å². The highest BCUT2D eigenvalue weighted by atomic mass is 19.2. The zero-order valence-electron chi connectivity index (χ0n) is 22.5. The number of hydrogen-bond acceptors (Lipinski definition) is 4. The molecule has 0 spiro atoms. The third-order valence-electron chi connectivity index (χ3n) is 7.84. The van der Waals surface area contributed by atoms with E-state index in [-0.39, 0.29) is 23.3 Å². The number of likely N-dealkylation sites (tertiary alicyclic amines) is 2. The molecular weight excluding hydrogens is 535 g/mol. The Kier molecular flexibility index (Phi) is 8.28. The van der Waals surface area contributed by atoms with Crippen LogP contribution in [0.3, 0.4) is 0 Å². The van der Waals surface area contributed by atoms with Crippen LogP contribution in [0.2, 0.25) is 0 Å². The largest absolute Gasteiger partial charge is 0.493 e. The van der Waals surface area contributed by atoms with Crippen LogP contribution in [-0.4, -0.2) is 60.3 Å². The molecule has 3 aromatic carbocycles. The highest BCUT2D eigenvalue weighted by Gasteiger charge is 2.38. The monoisotopic (exact) mass is 565 g/mol. The van der Waals surface area contributed by atoms with Crippen molar-refractivity contribution in [2.45, 2.75) is 37.6 Å². The summed E-state index contributed by atoms with van der Waals surface area (Å²) in [6, 6.07) is 14.2. The van der Waals surface area contributed by atoms with E-state index in [0.717, 1.165) is 30.9 Å². The first-order valence-corrected chi connectivity index (χ1v) is 13.6. The van der Waals surface area contributed by atoms with Crippen molar-refractivity contribution in [2.75, 3.05) is 32.1 Å². The van der Waals surface area contributed by atoms with Crippen LogP contribution in [0.15, 0.2) is 60.7 Å². The SMILES string of the molecule is COc1c(C(=O)Nc2ccc(C3CCN(C(=O)[C@@H]4CCCN4C(=O)c4ccc(F)cc4)CC3)cc2)ccc(F)c1F. The van der Waals surface area contributed by atoms with Gasteiger partial charge in [-0.05, 0) is 85.7 Å². The third-order valence-corrected chi connectivity index (χ3v) is 7.84. The number of ether oxygens (including phenoxy) is 1. The van der Waals surface area contributed by atoms with Gasteiger partial charge in [-0.1, -0.05) is 12.1 Å². The van der Waals surface area contributed by atoms with E-state index in [4.69, 9.17) is 4.74 Å². The zero-order valence-corrected chi connectivity index (χ0v) is 22.5. The van der Waals surface area contributed by atoms with Gasteiger partial charge in [0, 0.05) is 30.9 Å². The minimum Gasteiger partial charge on any atom is -0.493 e. The molecule has 2 saturated heterocycles. The standard InChI is InChI=1S/C31H30F3N3O4/c1-41-28-24(12-13-25(33)27(28)34)29(38)35-23-10-6-19(7-11-23)20-14-17-36(18-15-20)31(40)26-3-2-16-37(26)30(39)21-4-8-22(32)9-5-21/h4-13,20,26H,2-3,14-18H2,1H3,(H,35,38)/t26-/m0/s1. The van der Waals surface area contributed by atoms with Crippen LogP contribution in [-0.2, 0) is 4.79 Å². The normalized spacial score (nSPS) is 17.4. The summed E-state index contributed by atoms with van der Waals surface area (Å²) < 4.78 is 45.6. The van der Waals surface area contributed by atoms with Gasteiger partial charge in [-0.2, -0.15) is 4.39 Å². The number of nitrogens with one attached hydrogen (secondary N) is 1. The predicted molar refractivity (Wildman–Crippen MR) is 146 cm³/mol. The number of hydrogen-bond donors (Lipinski definition) is 1. The highest BCUT2D eigenvalue weighted by molar-refractivity contribution is 6.06. The molecule has 1 N–H and O–H groups in total. The first kappa shape index (κ1) is 28.2. The average molecular weight is 566 g/mol. The fourth-order valence-electron chi connectivity index (χ4n) is 5.62. The van der Waals surface area contributed by atoms with E-state index >= 15 is 0 Å². The van der Waals surface area contributed by atoms with Gasteiger partial charge >= 0.3 is 0 Å². The predicted octanol–water partition coefficient (Wildman–Crippen LogP) is 5.38. The molecule has 5 rings (SSSR count). The lowest BCUT2D eigenvalue weighted by Crippen LogP contribution is -2.49.